The van der Waals surface area contributed by atoms with E-state index in [0.717, 1.165) is 55.6 Å². The van der Waals surface area contributed by atoms with Crippen molar-refractivity contribution in [1.82, 2.24) is 0 Å². The molecule has 0 saturated carbocycles. The van der Waals surface area contributed by atoms with Crippen LogP contribution in [-0.2, 0) is 15.9 Å². The summed E-state index contributed by atoms with van der Waals surface area (Å²) in [5.74, 6) is 1.36. The molecule has 1 N–H and O–H groups in total. The van der Waals surface area contributed by atoms with Gasteiger partial charge < -0.3 is 19.3 Å². The summed E-state index contributed by atoms with van der Waals surface area (Å²) in [5, 5.41) is 20.2. The van der Waals surface area contributed by atoms with Gasteiger partial charge in [0.15, 0.2) is 0 Å². The van der Waals surface area contributed by atoms with Gasteiger partial charge in [-0.05, 0) is 76.1 Å². The van der Waals surface area contributed by atoms with Crippen molar-refractivity contribution in [3.05, 3.63) is 64.6 Å². The molecule has 1 unspecified atom stereocenters. The molecule has 1 heterocycles. The highest BCUT2D eigenvalue weighted by atomic mass is 16.5. The van der Waals surface area contributed by atoms with E-state index in [1.807, 2.05) is 51.1 Å². The zero-order chi connectivity index (χ0) is 22.5. The molecule has 1 fully saturated rings. The maximum Gasteiger partial charge on any atom is 0.136 e. The Morgan fingerprint density at radius 3 is 2.65 bits per heavy atom. The van der Waals surface area contributed by atoms with Crippen LogP contribution in [0.3, 0.4) is 0 Å². The highest BCUT2D eigenvalue weighted by Crippen LogP contribution is 2.21. The molecule has 0 aromatic heterocycles. The third kappa shape index (κ3) is 8.51. The molecule has 31 heavy (non-hydrogen) atoms. The van der Waals surface area contributed by atoms with Crippen molar-refractivity contribution in [3.63, 3.8) is 0 Å². The zero-order valence-electron chi connectivity index (χ0n) is 19.0. The molecule has 1 aliphatic heterocycles. The van der Waals surface area contributed by atoms with E-state index in [1.165, 1.54) is 0 Å². The summed E-state index contributed by atoms with van der Waals surface area (Å²) in [6, 6.07) is 10.1. The summed E-state index contributed by atoms with van der Waals surface area (Å²) in [6.07, 6.45) is 9.01. The first kappa shape index (κ1) is 24.6. The van der Waals surface area contributed by atoms with Crippen molar-refractivity contribution in [2.45, 2.75) is 65.4 Å². The van der Waals surface area contributed by atoms with Gasteiger partial charge in [-0.15, -0.1) is 0 Å². The number of aliphatic hydroxyl groups is 1. The maximum absolute atomic E-state index is 10.6. The second-order valence-corrected chi connectivity index (χ2v) is 7.69. The standard InChI is InChI=1S/C26H35NO4/c1-4-8-23(31-19-24-9-6-7-16-30-24)17-26(28)25(18-27)20(3)10-11-21-12-14-22(15-13-21)29-5-2/h8,12-15,17,24,28H,4-7,9-11,16,19H2,1-3H3/b23-8-,25-20+,26-17+. The van der Waals surface area contributed by atoms with E-state index in [2.05, 4.69) is 6.07 Å². The molecule has 5 nitrogen and oxygen atoms in total. The zero-order valence-corrected chi connectivity index (χ0v) is 19.0. The van der Waals surface area contributed by atoms with Crippen LogP contribution in [0.25, 0.3) is 0 Å². The molecule has 168 valence electrons. The quantitative estimate of drug-likeness (QED) is 0.260. The Morgan fingerprint density at radius 2 is 2.03 bits per heavy atom. The van der Waals surface area contributed by atoms with Crippen LogP contribution in [0.4, 0.5) is 0 Å². The molecule has 1 aliphatic rings. The van der Waals surface area contributed by atoms with E-state index < -0.39 is 0 Å². The number of rotatable bonds is 11. The number of aliphatic hydroxyl groups excluding tert-OH is 1. The fraction of sp³-hybridized carbons (Fsp3) is 0.500. The smallest absolute Gasteiger partial charge is 0.136 e. The van der Waals surface area contributed by atoms with E-state index >= 15 is 0 Å². The molecule has 1 saturated heterocycles. The van der Waals surface area contributed by atoms with Crippen molar-refractivity contribution in [2.75, 3.05) is 19.8 Å². The van der Waals surface area contributed by atoms with Gasteiger partial charge in [0.05, 0.1) is 18.3 Å². The van der Waals surface area contributed by atoms with E-state index in [0.29, 0.717) is 31.0 Å². The fourth-order valence-electron chi connectivity index (χ4n) is 3.44. The second-order valence-electron chi connectivity index (χ2n) is 7.69. The van der Waals surface area contributed by atoms with Gasteiger partial charge in [0.2, 0.25) is 0 Å². The predicted molar refractivity (Wildman–Crippen MR) is 123 cm³/mol. The summed E-state index contributed by atoms with van der Waals surface area (Å²) >= 11 is 0. The van der Waals surface area contributed by atoms with Gasteiger partial charge in [0.25, 0.3) is 0 Å². The highest BCUT2D eigenvalue weighted by molar-refractivity contribution is 5.43. The van der Waals surface area contributed by atoms with Crippen LogP contribution in [-0.4, -0.2) is 31.0 Å². The molecule has 1 aromatic rings. The third-order valence-corrected chi connectivity index (χ3v) is 5.21. The van der Waals surface area contributed by atoms with Crippen molar-refractivity contribution in [2.24, 2.45) is 0 Å². The first-order valence-electron chi connectivity index (χ1n) is 11.2. The predicted octanol–water partition coefficient (Wildman–Crippen LogP) is 6.18. The summed E-state index contributed by atoms with van der Waals surface area (Å²) in [5.41, 5.74) is 2.30. The number of hydrogen-bond donors (Lipinski definition) is 1. The number of nitriles is 1. The van der Waals surface area contributed by atoms with Gasteiger partial charge in [-0.3, -0.25) is 0 Å². The minimum absolute atomic E-state index is 0.0593. The molecule has 0 spiro atoms. The molecule has 5 heteroatoms. The van der Waals surface area contributed by atoms with Crippen molar-refractivity contribution < 1.29 is 19.3 Å². The Morgan fingerprint density at radius 1 is 1.26 bits per heavy atom. The average Bonchev–Trinajstić information content (AvgIpc) is 2.78. The first-order valence-corrected chi connectivity index (χ1v) is 11.2. The fourth-order valence-corrected chi connectivity index (χ4v) is 3.44. The van der Waals surface area contributed by atoms with Crippen molar-refractivity contribution in [3.8, 4) is 11.8 Å². The lowest BCUT2D eigenvalue weighted by molar-refractivity contribution is -0.0244. The molecule has 0 bridgehead atoms. The molecular weight excluding hydrogens is 390 g/mol. The monoisotopic (exact) mass is 425 g/mol. The van der Waals surface area contributed by atoms with Gasteiger partial charge in [0, 0.05) is 12.7 Å². The number of nitrogens with zero attached hydrogens (tertiary/aromatic N) is 1. The minimum atomic E-state index is -0.0593. The summed E-state index contributed by atoms with van der Waals surface area (Å²) in [7, 11) is 0. The first-order chi connectivity index (χ1) is 15.1. The van der Waals surface area contributed by atoms with E-state index in [-0.39, 0.29) is 11.9 Å². The molecule has 0 aliphatic carbocycles. The van der Waals surface area contributed by atoms with E-state index in [4.69, 9.17) is 14.2 Å². The van der Waals surface area contributed by atoms with E-state index in [9.17, 15) is 10.4 Å². The number of benzene rings is 1. The maximum atomic E-state index is 10.6. The van der Waals surface area contributed by atoms with Crippen LogP contribution in [0, 0.1) is 11.3 Å². The second kappa shape index (κ2) is 13.6. The molecule has 2 rings (SSSR count). The van der Waals surface area contributed by atoms with Crippen LogP contribution < -0.4 is 4.74 Å². The SMILES string of the molecule is CC/C=C(/C=C(O)\C(C#N)=C(/C)CCc1ccc(OCC)cc1)OCC1CCCCO1. The van der Waals surface area contributed by atoms with Crippen LogP contribution in [0.2, 0.25) is 0 Å². The Hall–Kier alpha value is -2.71. The summed E-state index contributed by atoms with van der Waals surface area (Å²) < 4.78 is 17.1. The number of aryl methyl sites for hydroxylation is 1. The Bertz CT molecular complexity index is 809. The van der Waals surface area contributed by atoms with E-state index in [1.54, 1.807) is 6.08 Å². The lowest BCUT2D eigenvalue weighted by Crippen LogP contribution is -2.24. The Kier molecular flexibility index (Phi) is 10.7. The minimum Gasteiger partial charge on any atom is -0.506 e. The molecule has 0 amide bonds. The van der Waals surface area contributed by atoms with Crippen molar-refractivity contribution >= 4 is 0 Å². The number of hydrogen-bond acceptors (Lipinski definition) is 5. The Labute approximate surface area is 186 Å². The van der Waals surface area contributed by atoms with Crippen molar-refractivity contribution in [1.29, 1.82) is 5.26 Å². The van der Waals surface area contributed by atoms with Gasteiger partial charge in [-0.1, -0.05) is 24.6 Å². The van der Waals surface area contributed by atoms with Gasteiger partial charge in [-0.25, -0.2) is 0 Å². The number of allylic oxidation sites excluding steroid dienone is 4. The Balaban J connectivity index is 2.02. The molecule has 1 aromatic carbocycles. The molecule has 0 radical (unpaired) electrons. The lowest BCUT2D eigenvalue weighted by atomic mass is 10.0. The summed E-state index contributed by atoms with van der Waals surface area (Å²) in [6.45, 7) is 7.73. The normalized spacial score (nSPS) is 18.2. The van der Waals surface area contributed by atoms with Gasteiger partial charge in [0.1, 0.15) is 29.9 Å². The largest absolute Gasteiger partial charge is 0.506 e. The van der Waals surface area contributed by atoms with Gasteiger partial charge >= 0.3 is 0 Å². The lowest BCUT2D eigenvalue weighted by Gasteiger charge is -2.23. The number of ether oxygens (including phenoxy) is 3. The van der Waals surface area contributed by atoms with Crippen LogP contribution >= 0.6 is 0 Å². The highest BCUT2D eigenvalue weighted by Gasteiger charge is 2.15. The molecular formula is C26H35NO4. The third-order valence-electron chi connectivity index (χ3n) is 5.21. The van der Waals surface area contributed by atoms with Crippen LogP contribution in [0.1, 0.15) is 58.4 Å². The average molecular weight is 426 g/mol. The topological polar surface area (TPSA) is 71.7 Å². The molecule has 1 atom stereocenters. The van der Waals surface area contributed by atoms with Crippen LogP contribution in [0.5, 0.6) is 5.75 Å². The van der Waals surface area contributed by atoms with Gasteiger partial charge in [-0.2, -0.15) is 5.26 Å². The van der Waals surface area contributed by atoms with Crippen LogP contribution in [0.15, 0.2) is 59.1 Å². The summed E-state index contributed by atoms with van der Waals surface area (Å²) in [4.78, 5) is 0.